The Balaban J connectivity index is 1.91. The molecule has 0 spiro atoms. The Kier molecular flexibility index (Phi) is 5.48. The number of aromatic amines is 1. The van der Waals surface area contributed by atoms with Crippen molar-refractivity contribution in [3.63, 3.8) is 0 Å². The van der Waals surface area contributed by atoms with Gasteiger partial charge in [0.1, 0.15) is 12.3 Å². The fourth-order valence-electron chi connectivity index (χ4n) is 3.80. The molecule has 1 aliphatic rings. The van der Waals surface area contributed by atoms with Gasteiger partial charge in [0.05, 0.1) is 25.3 Å². The smallest absolute Gasteiger partial charge is 0.198 e. The van der Waals surface area contributed by atoms with Gasteiger partial charge < -0.3 is 14.6 Å². The molecule has 0 radical (unpaired) electrons. The maximum absolute atomic E-state index is 13.1. The minimum atomic E-state index is 0.159. The first-order chi connectivity index (χ1) is 11.9. The van der Waals surface area contributed by atoms with Crippen LogP contribution in [0.25, 0.3) is 10.9 Å². The number of likely N-dealkylation sites (tertiary alicyclic amines) is 1. The van der Waals surface area contributed by atoms with Crippen molar-refractivity contribution < 1.29 is 9.64 Å². The van der Waals surface area contributed by atoms with Crippen LogP contribution >= 0.6 is 0 Å². The zero-order valence-corrected chi connectivity index (χ0v) is 15.9. The second kappa shape index (κ2) is 7.61. The van der Waals surface area contributed by atoms with Gasteiger partial charge in [-0.25, -0.2) is 0 Å². The van der Waals surface area contributed by atoms with Gasteiger partial charge in [-0.05, 0) is 43.9 Å². The van der Waals surface area contributed by atoms with Gasteiger partial charge in [-0.2, -0.15) is 0 Å². The second-order valence-corrected chi connectivity index (χ2v) is 8.10. The topological polar surface area (TPSA) is 46.5 Å². The third-order valence-corrected chi connectivity index (χ3v) is 5.16. The standard InChI is InChI=1S/C21H30N2O2/c1-14(2)13-25-17-7-8-20-18(10-17)21(24)19(16(4)22-20)12-23-9-5-6-15(3)11-23/h7-8,10,14-15H,5-6,9,11-13H2,1-4H3,(H,22,24)/p+1/t15-/m1/s1. The summed E-state index contributed by atoms with van der Waals surface area (Å²) in [5.74, 6) is 1.99. The number of piperidine rings is 1. The van der Waals surface area contributed by atoms with Gasteiger partial charge in [-0.15, -0.1) is 0 Å². The monoisotopic (exact) mass is 343 g/mol. The van der Waals surface area contributed by atoms with Gasteiger partial charge >= 0.3 is 0 Å². The van der Waals surface area contributed by atoms with Crippen LogP contribution < -0.4 is 15.1 Å². The van der Waals surface area contributed by atoms with Crippen LogP contribution in [-0.2, 0) is 6.54 Å². The number of pyridine rings is 1. The predicted octanol–water partition coefficient (Wildman–Crippen LogP) is 2.69. The molecule has 4 nitrogen and oxygen atoms in total. The van der Waals surface area contributed by atoms with Crippen LogP contribution in [0.1, 0.15) is 44.9 Å². The summed E-state index contributed by atoms with van der Waals surface area (Å²) in [4.78, 5) is 18.1. The van der Waals surface area contributed by atoms with Crippen LogP contribution in [0.15, 0.2) is 23.0 Å². The minimum Gasteiger partial charge on any atom is -0.493 e. The molecule has 1 aliphatic heterocycles. The van der Waals surface area contributed by atoms with Gasteiger partial charge in [0.25, 0.3) is 0 Å². The Hall–Kier alpha value is -1.81. The van der Waals surface area contributed by atoms with E-state index in [1.165, 1.54) is 24.3 Å². The summed E-state index contributed by atoms with van der Waals surface area (Å²) >= 11 is 0. The van der Waals surface area contributed by atoms with E-state index in [-0.39, 0.29) is 5.43 Å². The molecule has 0 amide bonds. The molecule has 4 heteroatoms. The third kappa shape index (κ3) is 4.24. The number of nitrogens with one attached hydrogen (secondary N) is 2. The highest BCUT2D eigenvalue weighted by Crippen LogP contribution is 2.19. The third-order valence-electron chi connectivity index (χ3n) is 5.16. The molecule has 0 aliphatic carbocycles. The van der Waals surface area contributed by atoms with Gasteiger partial charge in [-0.1, -0.05) is 20.8 Å². The molecule has 0 bridgehead atoms. The Morgan fingerprint density at radius 1 is 1.36 bits per heavy atom. The highest BCUT2D eigenvalue weighted by Gasteiger charge is 2.22. The fourth-order valence-corrected chi connectivity index (χ4v) is 3.80. The summed E-state index contributed by atoms with van der Waals surface area (Å²) in [6.07, 6.45) is 2.57. The summed E-state index contributed by atoms with van der Waals surface area (Å²) in [5.41, 5.74) is 2.98. The first kappa shape index (κ1) is 18.0. The molecule has 2 N–H and O–H groups in total. The van der Waals surface area contributed by atoms with E-state index in [9.17, 15) is 4.79 Å². The normalized spacial score (nSPS) is 21.0. The molecule has 1 fully saturated rings. The lowest BCUT2D eigenvalue weighted by molar-refractivity contribution is -0.922. The van der Waals surface area contributed by atoms with E-state index in [1.807, 2.05) is 25.1 Å². The summed E-state index contributed by atoms with van der Waals surface area (Å²) in [6.45, 7) is 12.4. The van der Waals surface area contributed by atoms with E-state index in [4.69, 9.17) is 4.74 Å². The number of benzene rings is 1. The van der Waals surface area contributed by atoms with Gasteiger partial charge in [-0.3, -0.25) is 4.79 Å². The number of aryl methyl sites for hydroxylation is 1. The molecule has 1 saturated heterocycles. The number of fused-ring (bicyclic) bond motifs is 1. The van der Waals surface area contributed by atoms with Crippen molar-refractivity contribution in [3.8, 4) is 5.75 Å². The van der Waals surface area contributed by atoms with Gasteiger partial charge in [0.2, 0.25) is 0 Å². The SMILES string of the molecule is Cc1[nH]c2ccc(OCC(C)C)cc2c(=O)c1C[NH+]1CCC[C@@H](C)C1. The van der Waals surface area contributed by atoms with Crippen LogP contribution in [0.4, 0.5) is 0 Å². The number of rotatable bonds is 5. The Morgan fingerprint density at radius 2 is 2.16 bits per heavy atom. The lowest BCUT2D eigenvalue weighted by Gasteiger charge is -2.28. The van der Waals surface area contributed by atoms with Crippen molar-refractivity contribution in [2.45, 2.75) is 47.1 Å². The van der Waals surface area contributed by atoms with Gasteiger partial charge in [0, 0.05) is 22.5 Å². The molecule has 0 saturated carbocycles. The highest BCUT2D eigenvalue weighted by atomic mass is 16.5. The van der Waals surface area contributed by atoms with Crippen LogP contribution in [0, 0.1) is 18.8 Å². The lowest BCUT2D eigenvalue weighted by atomic mass is 9.99. The van der Waals surface area contributed by atoms with Crippen molar-refractivity contribution in [3.05, 3.63) is 39.7 Å². The molecule has 1 aromatic heterocycles. The van der Waals surface area contributed by atoms with Crippen molar-refractivity contribution in [1.82, 2.24) is 4.98 Å². The number of hydrogen-bond acceptors (Lipinski definition) is 2. The lowest BCUT2D eigenvalue weighted by Crippen LogP contribution is -3.12. The zero-order valence-electron chi connectivity index (χ0n) is 15.9. The Morgan fingerprint density at radius 3 is 2.88 bits per heavy atom. The Bertz CT molecular complexity index is 794. The predicted molar refractivity (Wildman–Crippen MR) is 102 cm³/mol. The molecule has 2 atom stereocenters. The Labute approximate surface area is 150 Å². The summed E-state index contributed by atoms with van der Waals surface area (Å²) in [7, 11) is 0. The molecule has 2 heterocycles. The van der Waals surface area contributed by atoms with Crippen molar-refractivity contribution >= 4 is 10.9 Å². The summed E-state index contributed by atoms with van der Waals surface area (Å²) in [5, 5.41) is 0.742. The van der Waals surface area contributed by atoms with E-state index in [0.717, 1.165) is 46.9 Å². The first-order valence-electron chi connectivity index (χ1n) is 9.56. The first-order valence-corrected chi connectivity index (χ1v) is 9.56. The summed E-state index contributed by atoms with van der Waals surface area (Å²) in [6, 6.07) is 5.80. The maximum Gasteiger partial charge on any atom is 0.198 e. The molecule has 1 aromatic carbocycles. The van der Waals surface area contributed by atoms with E-state index < -0.39 is 0 Å². The number of aromatic nitrogens is 1. The van der Waals surface area contributed by atoms with E-state index in [0.29, 0.717) is 12.5 Å². The van der Waals surface area contributed by atoms with E-state index >= 15 is 0 Å². The molecule has 2 aromatic rings. The molecule has 3 rings (SSSR count). The molecule has 1 unspecified atom stereocenters. The molecular formula is C21H31N2O2+. The maximum atomic E-state index is 13.1. The molecule has 136 valence electrons. The van der Waals surface area contributed by atoms with Crippen LogP contribution in [0.5, 0.6) is 5.75 Å². The fraction of sp³-hybridized carbons (Fsp3) is 0.571. The molecular weight excluding hydrogens is 312 g/mol. The number of hydrogen-bond donors (Lipinski definition) is 2. The minimum absolute atomic E-state index is 0.159. The van der Waals surface area contributed by atoms with Crippen molar-refractivity contribution in [2.24, 2.45) is 11.8 Å². The van der Waals surface area contributed by atoms with Gasteiger partial charge in [0.15, 0.2) is 5.43 Å². The number of ether oxygens (including phenoxy) is 1. The number of H-pyrrole nitrogens is 1. The van der Waals surface area contributed by atoms with E-state index in [1.54, 1.807) is 0 Å². The largest absolute Gasteiger partial charge is 0.493 e. The average Bonchev–Trinajstić information content (AvgIpc) is 2.57. The number of quaternary nitrogens is 1. The summed E-state index contributed by atoms with van der Waals surface area (Å²) < 4.78 is 5.81. The van der Waals surface area contributed by atoms with Crippen molar-refractivity contribution in [1.29, 1.82) is 0 Å². The van der Waals surface area contributed by atoms with Crippen LogP contribution in [0.3, 0.4) is 0 Å². The second-order valence-electron chi connectivity index (χ2n) is 8.10. The van der Waals surface area contributed by atoms with Crippen LogP contribution in [0.2, 0.25) is 0 Å². The van der Waals surface area contributed by atoms with E-state index in [2.05, 4.69) is 25.8 Å². The highest BCUT2D eigenvalue weighted by molar-refractivity contribution is 5.81. The average molecular weight is 343 g/mol. The van der Waals surface area contributed by atoms with Crippen molar-refractivity contribution in [2.75, 3.05) is 19.7 Å². The van der Waals surface area contributed by atoms with Crippen LogP contribution in [-0.4, -0.2) is 24.7 Å². The quantitative estimate of drug-likeness (QED) is 0.877. The zero-order chi connectivity index (χ0) is 18.0. The molecule has 25 heavy (non-hydrogen) atoms.